The van der Waals surface area contributed by atoms with E-state index in [2.05, 4.69) is 53.8 Å². The van der Waals surface area contributed by atoms with Gasteiger partial charge in [-0.15, -0.1) is 0 Å². The summed E-state index contributed by atoms with van der Waals surface area (Å²) in [5.41, 5.74) is 3.99. The summed E-state index contributed by atoms with van der Waals surface area (Å²) in [5.74, 6) is 0.283. The molecule has 2 N–H and O–H groups in total. The van der Waals surface area contributed by atoms with E-state index in [1.54, 1.807) is 6.92 Å². The van der Waals surface area contributed by atoms with Crippen LogP contribution in [0.4, 0.5) is 0 Å². The molecule has 4 rings (SSSR count). The van der Waals surface area contributed by atoms with Crippen molar-refractivity contribution in [1.29, 1.82) is 0 Å². The molecule has 0 bridgehead atoms. The molecule has 0 unspecified atom stereocenters. The molecule has 2 heterocycles. The first-order valence-electron chi connectivity index (χ1n) is 9.41. The fourth-order valence-electron chi connectivity index (χ4n) is 3.61. The monoisotopic (exact) mass is 451 g/mol. The van der Waals surface area contributed by atoms with E-state index >= 15 is 0 Å². The predicted octanol–water partition coefficient (Wildman–Crippen LogP) is 6.53. The molecule has 4 nitrogen and oxygen atoms in total. The number of aromatic hydroxyl groups is 1. The van der Waals surface area contributed by atoms with Crippen molar-refractivity contribution in [2.45, 2.75) is 33.1 Å². The molecule has 0 atom stereocenters. The van der Waals surface area contributed by atoms with Gasteiger partial charge in [0.25, 0.3) is 0 Å². The summed E-state index contributed by atoms with van der Waals surface area (Å²) >= 11 is 3.52. The molecule has 0 amide bonds. The second-order valence-electron chi connectivity index (χ2n) is 8.30. The second kappa shape index (κ2) is 6.92. The molecule has 0 spiro atoms. The number of aromatic nitrogens is 1. The highest BCUT2D eigenvalue weighted by Gasteiger charge is 2.23. The highest BCUT2D eigenvalue weighted by molar-refractivity contribution is 9.10. The molecule has 0 fully saturated rings. The molecule has 148 valence electrons. The van der Waals surface area contributed by atoms with Crippen molar-refractivity contribution in [3.8, 4) is 28.1 Å². The topological polar surface area (TPSA) is 66.2 Å². The van der Waals surface area contributed by atoms with Gasteiger partial charge in [0, 0.05) is 27.0 Å². The van der Waals surface area contributed by atoms with Crippen LogP contribution in [0.3, 0.4) is 0 Å². The van der Waals surface area contributed by atoms with Gasteiger partial charge in [0.2, 0.25) is 0 Å². The van der Waals surface area contributed by atoms with Crippen LogP contribution >= 0.6 is 15.9 Å². The van der Waals surface area contributed by atoms with Gasteiger partial charge in [-0.1, -0.05) is 61.0 Å². The number of rotatable bonds is 2. The van der Waals surface area contributed by atoms with Crippen LogP contribution in [0.1, 0.15) is 32.1 Å². The number of benzene rings is 2. The van der Waals surface area contributed by atoms with Crippen LogP contribution in [0.5, 0.6) is 5.75 Å². The number of H-pyrrole nitrogens is 1. The predicted molar refractivity (Wildman–Crippen MR) is 121 cm³/mol. The summed E-state index contributed by atoms with van der Waals surface area (Å²) in [6.45, 7) is 8.12. The van der Waals surface area contributed by atoms with Crippen molar-refractivity contribution in [3.63, 3.8) is 0 Å². The number of aromatic amines is 1. The van der Waals surface area contributed by atoms with Crippen LogP contribution in [0.25, 0.3) is 33.3 Å². The smallest absolute Gasteiger partial charge is 0.347 e. The molecular formula is C24H22BrNO3. The van der Waals surface area contributed by atoms with E-state index in [1.807, 2.05) is 30.3 Å². The zero-order valence-corrected chi connectivity index (χ0v) is 18.3. The third-order valence-corrected chi connectivity index (χ3v) is 5.58. The normalized spacial score (nSPS) is 11.9. The Morgan fingerprint density at radius 3 is 2.45 bits per heavy atom. The maximum absolute atomic E-state index is 12.7. The quantitative estimate of drug-likeness (QED) is 0.364. The third kappa shape index (κ3) is 3.51. The molecule has 0 saturated carbocycles. The van der Waals surface area contributed by atoms with Crippen molar-refractivity contribution in [2.24, 2.45) is 0 Å². The molecule has 0 aliphatic rings. The Morgan fingerprint density at radius 1 is 1.03 bits per heavy atom. The molecule has 0 saturated heterocycles. The van der Waals surface area contributed by atoms with Gasteiger partial charge in [-0.2, -0.15) is 0 Å². The molecule has 2 aromatic carbocycles. The van der Waals surface area contributed by atoms with Gasteiger partial charge in [0.05, 0.1) is 5.69 Å². The van der Waals surface area contributed by atoms with Gasteiger partial charge in [-0.3, -0.25) is 0 Å². The lowest BCUT2D eigenvalue weighted by molar-refractivity contribution is 0.438. The Hall–Kier alpha value is -2.79. The van der Waals surface area contributed by atoms with E-state index in [0.717, 1.165) is 26.6 Å². The SMILES string of the molecule is Cc1cc(O)c(-c2c(-c3cccc(Br)c3)[nH]c3cc(C(C)(C)C)ccc23)c(=O)o1. The number of fused-ring (bicyclic) bond motifs is 1. The molecule has 2 aromatic heterocycles. The van der Waals surface area contributed by atoms with E-state index in [1.165, 1.54) is 11.6 Å². The molecule has 4 aromatic rings. The van der Waals surface area contributed by atoms with E-state index in [4.69, 9.17) is 4.42 Å². The van der Waals surface area contributed by atoms with Gasteiger partial charge in [0.1, 0.15) is 17.1 Å². The summed E-state index contributed by atoms with van der Waals surface area (Å²) in [4.78, 5) is 16.2. The summed E-state index contributed by atoms with van der Waals surface area (Å²) in [5, 5.41) is 11.5. The van der Waals surface area contributed by atoms with Crippen molar-refractivity contribution in [3.05, 3.63) is 74.7 Å². The lowest BCUT2D eigenvalue weighted by Gasteiger charge is -2.18. The zero-order chi connectivity index (χ0) is 20.9. The van der Waals surface area contributed by atoms with Crippen LogP contribution < -0.4 is 5.63 Å². The maximum atomic E-state index is 12.7. The number of nitrogens with one attached hydrogen (secondary N) is 1. The van der Waals surface area contributed by atoms with E-state index < -0.39 is 5.63 Å². The van der Waals surface area contributed by atoms with E-state index in [-0.39, 0.29) is 16.7 Å². The number of aryl methyl sites for hydroxylation is 1. The lowest BCUT2D eigenvalue weighted by atomic mass is 9.86. The van der Waals surface area contributed by atoms with Gasteiger partial charge in [0.15, 0.2) is 0 Å². The minimum absolute atomic E-state index is 0.0135. The molecule has 0 aliphatic heterocycles. The van der Waals surface area contributed by atoms with Crippen LogP contribution in [0, 0.1) is 6.92 Å². The first-order chi connectivity index (χ1) is 13.6. The average molecular weight is 452 g/mol. The van der Waals surface area contributed by atoms with Crippen LogP contribution in [-0.2, 0) is 5.41 Å². The van der Waals surface area contributed by atoms with Crippen LogP contribution in [0.2, 0.25) is 0 Å². The van der Waals surface area contributed by atoms with Crippen LogP contribution in [0.15, 0.2) is 62.2 Å². The van der Waals surface area contributed by atoms with Gasteiger partial charge < -0.3 is 14.5 Å². The van der Waals surface area contributed by atoms with E-state index in [9.17, 15) is 9.90 Å². The number of halogens is 1. The maximum Gasteiger partial charge on any atom is 0.347 e. The van der Waals surface area contributed by atoms with E-state index in [0.29, 0.717) is 11.3 Å². The fourth-order valence-corrected chi connectivity index (χ4v) is 4.01. The molecular weight excluding hydrogens is 430 g/mol. The van der Waals surface area contributed by atoms with Crippen molar-refractivity contribution in [1.82, 2.24) is 4.98 Å². The van der Waals surface area contributed by atoms with Gasteiger partial charge >= 0.3 is 5.63 Å². The fraction of sp³-hybridized carbons (Fsp3) is 0.208. The number of hydrogen-bond donors (Lipinski definition) is 2. The minimum atomic E-state index is -0.556. The Labute approximate surface area is 177 Å². The highest BCUT2D eigenvalue weighted by Crippen LogP contribution is 2.42. The summed E-state index contributed by atoms with van der Waals surface area (Å²) < 4.78 is 6.24. The second-order valence-corrected chi connectivity index (χ2v) is 9.22. The van der Waals surface area contributed by atoms with Gasteiger partial charge in [-0.05, 0) is 41.7 Å². The Morgan fingerprint density at radius 2 is 1.79 bits per heavy atom. The third-order valence-electron chi connectivity index (χ3n) is 5.08. The molecule has 29 heavy (non-hydrogen) atoms. The van der Waals surface area contributed by atoms with Crippen LogP contribution in [-0.4, -0.2) is 10.1 Å². The average Bonchev–Trinajstić information content (AvgIpc) is 2.99. The van der Waals surface area contributed by atoms with Crippen molar-refractivity contribution in [2.75, 3.05) is 0 Å². The summed E-state index contributed by atoms with van der Waals surface area (Å²) in [6, 6.07) is 15.5. The largest absolute Gasteiger partial charge is 0.507 e. The molecule has 0 aliphatic carbocycles. The van der Waals surface area contributed by atoms with Crippen molar-refractivity contribution >= 4 is 26.8 Å². The highest BCUT2D eigenvalue weighted by atomic mass is 79.9. The first-order valence-corrected chi connectivity index (χ1v) is 10.2. The van der Waals surface area contributed by atoms with Gasteiger partial charge in [-0.25, -0.2) is 4.79 Å². The molecule has 0 radical (unpaired) electrons. The Bertz CT molecular complexity index is 1290. The standard InChI is InChI=1S/C24H22BrNO3/c1-13-10-19(27)21(23(28)29-13)20-17-9-8-15(24(2,3)4)12-18(17)26-22(20)14-6-5-7-16(25)11-14/h5-12,26-27H,1-4H3. The Balaban J connectivity index is 2.11. The first kappa shape index (κ1) is 19.5. The zero-order valence-electron chi connectivity index (χ0n) is 16.8. The summed E-state index contributed by atoms with van der Waals surface area (Å²) in [6.07, 6.45) is 0. The van der Waals surface area contributed by atoms with Crippen molar-refractivity contribution < 1.29 is 9.52 Å². The Kier molecular flexibility index (Phi) is 4.66. The lowest BCUT2D eigenvalue weighted by Crippen LogP contribution is -2.10. The number of hydrogen-bond acceptors (Lipinski definition) is 3. The molecule has 5 heteroatoms. The summed E-state index contributed by atoms with van der Waals surface area (Å²) in [7, 11) is 0. The minimum Gasteiger partial charge on any atom is -0.507 e.